The third kappa shape index (κ3) is 5.37. The van der Waals surface area contributed by atoms with Crippen molar-refractivity contribution in [2.24, 2.45) is 0 Å². The normalized spacial score (nSPS) is 14.8. The molecule has 14 heteroatoms. The van der Waals surface area contributed by atoms with Crippen molar-refractivity contribution in [1.29, 1.82) is 0 Å². The molecule has 1 fully saturated rings. The molecule has 0 bridgehead atoms. The summed E-state index contributed by atoms with van der Waals surface area (Å²) in [7, 11) is -1.44. The first-order valence-electron chi connectivity index (χ1n) is 10.1. The summed E-state index contributed by atoms with van der Waals surface area (Å²) < 4.78 is 141. The summed E-state index contributed by atoms with van der Waals surface area (Å²) >= 11 is 0.208. The molecule has 0 saturated carbocycles. The summed E-state index contributed by atoms with van der Waals surface area (Å²) in [6, 6.07) is 3.47. The maximum atomic E-state index is 14.6. The summed E-state index contributed by atoms with van der Waals surface area (Å²) in [6.45, 7) is -0.597. The zero-order valence-electron chi connectivity index (χ0n) is 17.7. The molecule has 0 aliphatic carbocycles. The maximum absolute atomic E-state index is 14.6. The van der Waals surface area contributed by atoms with Gasteiger partial charge in [0.25, 0.3) is 0 Å². The molecular weight excluding hydrogens is 698 g/mol. The van der Waals surface area contributed by atoms with Crippen LogP contribution >= 0.6 is 0 Å². The van der Waals surface area contributed by atoms with E-state index in [2.05, 4.69) is 4.74 Å². The van der Waals surface area contributed by atoms with Crippen LogP contribution in [0.25, 0.3) is 0 Å². The van der Waals surface area contributed by atoms with Gasteiger partial charge in [-0.25, -0.2) is 13.2 Å². The molecule has 0 atom stereocenters. The zero-order chi connectivity index (χ0) is 26.4. The minimum Gasteiger partial charge on any atom is -0.204 e. The van der Waals surface area contributed by atoms with Crippen LogP contribution in [0.4, 0.5) is 39.5 Å². The van der Waals surface area contributed by atoms with Gasteiger partial charge in [-0.1, -0.05) is 0 Å². The van der Waals surface area contributed by atoms with E-state index in [0.717, 1.165) is 0 Å². The molecular formula is C22H11BF9O3Tl. The van der Waals surface area contributed by atoms with Crippen LogP contribution in [0.15, 0.2) is 36.4 Å². The van der Waals surface area contributed by atoms with Crippen molar-refractivity contribution in [3.8, 4) is 5.75 Å². The van der Waals surface area contributed by atoms with Gasteiger partial charge in [0.1, 0.15) is 5.75 Å². The molecule has 0 amide bonds. The van der Waals surface area contributed by atoms with Crippen LogP contribution in [0.3, 0.4) is 0 Å². The van der Waals surface area contributed by atoms with E-state index in [0.29, 0.717) is 15.3 Å². The SMILES string of the molecule is Fc1cc(OC(F)(F)c2c(F)cc(B3OCC(c4c(F)c[c]([Tl])cc4F)CO3)cc2F)cc(F)c1F. The fourth-order valence-corrected chi connectivity index (χ4v) is 4.79. The first-order chi connectivity index (χ1) is 16.9. The minimum absolute atomic E-state index is 0.0820. The van der Waals surface area contributed by atoms with Crippen molar-refractivity contribution < 1.29 is 53.6 Å². The fourth-order valence-electron chi connectivity index (χ4n) is 3.65. The molecule has 0 N–H and O–H groups in total. The van der Waals surface area contributed by atoms with Gasteiger partial charge in [0.2, 0.25) is 0 Å². The smallest absolute Gasteiger partial charge is 0.204 e. The molecule has 36 heavy (non-hydrogen) atoms. The second-order valence-electron chi connectivity index (χ2n) is 7.77. The average Bonchev–Trinajstić information content (AvgIpc) is 2.76. The van der Waals surface area contributed by atoms with Crippen LogP contribution in [0.1, 0.15) is 17.0 Å². The van der Waals surface area contributed by atoms with E-state index in [1.807, 2.05) is 0 Å². The Morgan fingerprint density at radius 2 is 1.25 bits per heavy atom. The molecule has 1 saturated heterocycles. The van der Waals surface area contributed by atoms with E-state index in [-0.39, 0.29) is 62.1 Å². The molecule has 3 aromatic rings. The van der Waals surface area contributed by atoms with E-state index >= 15 is 0 Å². The third-order valence-corrected chi connectivity index (χ3v) is 6.53. The van der Waals surface area contributed by atoms with Gasteiger partial charge in [0, 0.05) is 12.1 Å². The predicted octanol–water partition coefficient (Wildman–Crippen LogP) is 4.11. The molecule has 3 nitrogen and oxygen atoms in total. The van der Waals surface area contributed by atoms with E-state index in [1.165, 1.54) is 12.1 Å². The Morgan fingerprint density at radius 3 is 1.75 bits per heavy atom. The van der Waals surface area contributed by atoms with E-state index in [1.54, 1.807) is 0 Å². The van der Waals surface area contributed by atoms with E-state index < -0.39 is 71.2 Å². The average molecular weight is 710 g/mol. The molecule has 0 radical (unpaired) electrons. The van der Waals surface area contributed by atoms with Crippen molar-refractivity contribution in [2.45, 2.75) is 12.0 Å². The Labute approximate surface area is 214 Å². The van der Waals surface area contributed by atoms with E-state index in [4.69, 9.17) is 9.31 Å². The summed E-state index contributed by atoms with van der Waals surface area (Å²) in [4.78, 5) is 0. The molecule has 1 aliphatic heterocycles. The van der Waals surface area contributed by atoms with Gasteiger partial charge in [-0.2, -0.15) is 8.78 Å². The number of hydrogen-bond acceptors (Lipinski definition) is 3. The van der Waals surface area contributed by atoms with Crippen LogP contribution in [0, 0.1) is 40.7 Å². The van der Waals surface area contributed by atoms with Crippen LogP contribution in [0.2, 0.25) is 0 Å². The summed E-state index contributed by atoms with van der Waals surface area (Å²) in [5.41, 5.74) is -2.52. The molecule has 4 rings (SSSR count). The second-order valence-corrected chi connectivity index (χ2v) is 10.4. The molecule has 0 unspecified atom stereocenters. The standard InChI is InChI=1S/C22H11BF9O3.Tl/c24-13-2-1-3-14(25)19(13)10-8-33-23(34-9-10)11-4-15(26)20(16(27)5-11)22(31,32)35-12-6-17(28)21(30)18(29)7-12;/h2-7,10H,8-9H2;. The van der Waals surface area contributed by atoms with Gasteiger partial charge in [0.05, 0.1) is 0 Å². The quantitative estimate of drug-likeness (QED) is 0.227. The van der Waals surface area contributed by atoms with Crippen molar-refractivity contribution in [3.63, 3.8) is 0 Å². The van der Waals surface area contributed by atoms with E-state index in [9.17, 15) is 39.5 Å². The van der Waals surface area contributed by atoms with Crippen molar-refractivity contribution >= 4 is 41.5 Å². The molecule has 1 heterocycles. The Balaban J connectivity index is 1.53. The molecule has 1 aliphatic rings. The van der Waals surface area contributed by atoms with Crippen molar-refractivity contribution in [1.82, 2.24) is 0 Å². The second kappa shape index (κ2) is 10.2. The first kappa shape index (κ1) is 26.8. The summed E-state index contributed by atoms with van der Waals surface area (Å²) in [6.07, 6.45) is -4.76. The van der Waals surface area contributed by atoms with Gasteiger partial charge >= 0.3 is 152 Å². The van der Waals surface area contributed by atoms with Gasteiger partial charge in [-0.3, -0.25) is 0 Å². The monoisotopic (exact) mass is 710 g/mol. The number of alkyl halides is 2. The number of rotatable bonds is 5. The Hall–Kier alpha value is -2.26. The molecule has 0 aromatic heterocycles. The van der Waals surface area contributed by atoms with Gasteiger partial charge in [0.15, 0.2) is 17.5 Å². The predicted molar refractivity (Wildman–Crippen MR) is 109 cm³/mol. The first-order valence-corrected chi connectivity index (χ1v) is 12.3. The Morgan fingerprint density at radius 1 is 0.750 bits per heavy atom. The van der Waals surface area contributed by atoms with Gasteiger partial charge in [-0.05, 0) is 0 Å². The molecule has 0 spiro atoms. The summed E-state index contributed by atoms with van der Waals surface area (Å²) in [5.74, 6) is -12.9. The van der Waals surface area contributed by atoms with Crippen molar-refractivity contribution in [2.75, 3.05) is 13.2 Å². The Kier molecular flexibility index (Phi) is 7.62. The molecule has 3 aromatic carbocycles. The minimum atomic E-state index is -4.76. The van der Waals surface area contributed by atoms with Crippen LogP contribution in [0.5, 0.6) is 5.75 Å². The zero-order valence-corrected chi connectivity index (χ0v) is 22.2. The topological polar surface area (TPSA) is 27.7 Å². The Bertz CT molecular complexity index is 1250. The van der Waals surface area contributed by atoms with Crippen LogP contribution in [-0.2, 0) is 15.4 Å². The summed E-state index contributed by atoms with van der Waals surface area (Å²) in [5, 5.41) is 0. The van der Waals surface area contributed by atoms with Crippen LogP contribution in [-0.4, -0.2) is 46.1 Å². The third-order valence-electron chi connectivity index (χ3n) is 5.24. The fraction of sp³-hybridized carbons (Fsp3) is 0.182. The van der Waals surface area contributed by atoms with Gasteiger partial charge < -0.3 is 4.74 Å². The van der Waals surface area contributed by atoms with Crippen molar-refractivity contribution in [3.05, 3.63) is 88.2 Å². The number of hydrogen-bond donors (Lipinski definition) is 0. The number of halogens is 9. The van der Waals surface area contributed by atoms with Gasteiger partial charge in [-0.15, -0.1) is 0 Å². The molecule has 186 valence electrons. The van der Waals surface area contributed by atoms with Crippen LogP contribution < -0.4 is 13.3 Å². The number of benzene rings is 3. The number of ether oxygens (including phenoxy) is 1.